The molecule has 1 aliphatic heterocycles. The molecule has 0 aromatic rings. The van der Waals surface area contributed by atoms with Gasteiger partial charge in [-0.1, -0.05) is 20.8 Å². The van der Waals surface area contributed by atoms with Crippen LogP contribution >= 0.6 is 0 Å². The summed E-state index contributed by atoms with van der Waals surface area (Å²) < 4.78 is 0. The van der Waals surface area contributed by atoms with Crippen molar-refractivity contribution in [2.45, 2.75) is 65.3 Å². The molecule has 2 unspecified atom stereocenters. The standard InChI is InChI=1S/C15H27NO2/c1-4-15(13(17)18)7-5-9-16(11-15)12-6-8-14(2,3)10-12/h12H,4-11H2,1-3H3,(H,17,18). The minimum Gasteiger partial charge on any atom is -0.481 e. The molecule has 0 amide bonds. The molecule has 1 saturated carbocycles. The summed E-state index contributed by atoms with van der Waals surface area (Å²) in [6.45, 7) is 8.55. The van der Waals surface area contributed by atoms with E-state index in [1.807, 2.05) is 6.92 Å². The molecule has 1 saturated heterocycles. The lowest BCUT2D eigenvalue weighted by atomic mass is 9.77. The number of piperidine rings is 1. The first kappa shape index (κ1) is 13.9. The number of carbonyl (C=O) groups is 1. The number of likely N-dealkylation sites (tertiary alicyclic amines) is 1. The molecule has 2 aliphatic rings. The number of aliphatic carboxylic acids is 1. The van der Waals surface area contributed by atoms with E-state index >= 15 is 0 Å². The fourth-order valence-electron chi connectivity index (χ4n) is 3.80. The predicted octanol–water partition coefficient (Wildman–Crippen LogP) is 3.14. The van der Waals surface area contributed by atoms with E-state index in [0.717, 1.165) is 32.4 Å². The van der Waals surface area contributed by atoms with E-state index in [1.165, 1.54) is 19.3 Å². The van der Waals surface area contributed by atoms with Gasteiger partial charge < -0.3 is 5.11 Å². The molecule has 104 valence electrons. The van der Waals surface area contributed by atoms with Gasteiger partial charge in [0.05, 0.1) is 5.41 Å². The van der Waals surface area contributed by atoms with Crippen LogP contribution in [0.3, 0.4) is 0 Å². The highest BCUT2D eigenvalue weighted by Crippen LogP contribution is 2.42. The lowest BCUT2D eigenvalue weighted by Crippen LogP contribution is -2.50. The maximum Gasteiger partial charge on any atom is 0.310 e. The Bertz CT molecular complexity index is 326. The smallest absolute Gasteiger partial charge is 0.310 e. The Morgan fingerprint density at radius 1 is 1.39 bits per heavy atom. The summed E-state index contributed by atoms with van der Waals surface area (Å²) in [5.41, 5.74) is -0.0365. The molecule has 3 nitrogen and oxygen atoms in total. The second kappa shape index (κ2) is 4.84. The lowest BCUT2D eigenvalue weighted by Gasteiger charge is -2.42. The summed E-state index contributed by atoms with van der Waals surface area (Å²) in [6.07, 6.45) is 6.40. The molecular formula is C15H27NO2. The zero-order chi connectivity index (χ0) is 13.4. The van der Waals surface area contributed by atoms with Crippen LogP contribution < -0.4 is 0 Å². The van der Waals surface area contributed by atoms with Gasteiger partial charge in [0.25, 0.3) is 0 Å². The predicted molar refractivity (Wildman–Crippen MR) is 72.6 cm³/mol. The molecule has 2 atom stereocenters. The molecule has 18 heavy (non-hydrogen) atoms. The van der Waals surface area contributed by atoms with Crippen LogP contribution in [0.1, 0.15) is 59.3 Å². The van der Waals surface area contributed by atoms with E-state index in [0.29, 0.717) is 11.5 Å². The third kappa shape index (κ3) is 2.56. The molecule has 1 aliphatic carbocycles. The van der Waals surface area contributed by atoms with E-state index in [1.54, 1.807) is 0 Å². The van der Waals surface area contributed by atoms with Crippen LogP contribution in [0.25, 0.3) is 0 Å². The topological polar surface area (TPSA) is 40.5 Å². The molecule has 3 heteroatoms. The van der Waals surface area contributed by atoms with Crippen molar-refractivity contribution < 1.29 is 9.90 Å². The Morgan fingerprint density at radius 2 is 2.11 bits per heavy atom. The van der Waals surface area contributed by atoms with Gasteiger partial charge in [0, 0.05) is 12.6 Å². The number of carboxylic acids is 1. The molecule has 0 bridgehead atoms. The monoisotopic (exact) mass is 253 g/mol. The summed E-state index contributed by atoms with van der Waals surface area (Å²) in [5.74, 6) is -0.591. The molecule has 2 fully saturated rings. The maximum absolute atomic E-state index is 11.6. The highest BCUT2D eigenvalue weighted by molar-refractivity contribution is 5.75. The largest absolute Gasteiger partial charge is 0.481 e. The Morgan fingerprint density at radius 3 is 2.61 bits per heavy atom. The normalized spacial score (nSPS) is 36.7. The number of rotatable bonds is 3. The number of nitrogens with zero attached hydrogens (tertiary/aromatic N) is 1. The number of hydrogen-bond donors (Lipinski definition) is 1. The second-order valence-electron chi connectivity index (χ2n) is 7.07. The summed E-state index contributed by atoms with van der Waals surface area (Å²) >= 11 is 0. The van der Waals surface area contributed by atoms with Crippen LogP contribution in [-0.2, 0) is 4.79 Å². The van der Waals surface area contributed by atoms with Gasteiger partial charge >= 0.3 is 5.97 Å². The average Bonchev–Trinajstić information content (AvgIpc) is 2.69. The molecule has 1 N–H and O–H groups in total. The zero-order valence-corrected chi connectivity index (χ0v) is 12.0. The van der Waals surface area contributed by atoms with E-state index < -0.39 is 11.4 Å². The van der Waals surface area contributed by atoms with E-state index in [2.05, 4.69) is 18.7 Å². The van der Waals surface area contributed by atoms with Crippen LogP contribution in [0.5, 0.6) is 0 Å². The first-order valence-corrected chi connectivity index (χ1v) is 7.36. The zero-order valence-electron chi connectivity index (χ0n) is 12.0. The number of carboxylic acid groups (broad SMARTS) is 1. The van der Waals surface area contributed by atoms with Gasteiger partial charge in [0.15, 0.2) is 0 Å². The van der Waals surface area contributed by atoms with Crippen LogP contribution in [0.15, 0.2) is 0 Å². The fraction of sp³-hybridized carbons (Fsp3) is 0.933. The van der Waals surface area contributed by atoms with Crippen molar-refractivity contribution in [2.75, 3.05) is 13.1 Å². The Labute approximate surface area is 111 Å². The van der Waals surface area contributed by atoms with Gasteiger partial charge in [0.2, 0.25) is 0 Å². The molecule has 2 rings (SSSR count). The average molecular weight is 253 g/mol. The van der Waals surface area contributed by atoms with Crippen LogP contribution in [0.4, 0.5) is 0 Å². The van der Waals surface area contributed by atoms with Crippen molar-refractivity contribution in [2.24, 2.45) is 10.8 Å². The SMILES string of the molecule is CCC1(C(=O)O)CCCN(C2CCC(C)(C)C2)C1. The minimum atomic E-state index is -0.591. The van der Waals surface area contributed by atoms with Crippen molar-refractivity contribution in [1.82, 2.24) is 4.90 Å². The highest BCUT2D eigenvalue weighted by atomic mass is 16.4. The minimum absolute atomic E-state index is 0.445. The fourth-order valence-corrected chi connectivity index (χ4v) is 3.80. The van der Waals surface area contributed by atoms with Crippen molar-refractivity contribution in [1.29, 1.82) is 0 Å². The van der Waals surface area contributed by atoms with Crippen LogP contribution in [-0.4, -0.2) is 35.1 Å². The van der Waals surface area contributed by atoms with Gasteiger partial charge in [0.1, 0.15) is 0 Å². The van der Waals surface area contributed by atoms with Gasteiger partial charge in [-0.3, -0.25) is 9.69 Å². The Balaban J connectivity index is 2.05. The molecule has 1 heterocycles. The summed E-state index contributed by atoms with van der Waals surface area (Å²) in [6, 6.07) is 0.616. The summed E-state index contributed by atoms with van der Waals surface area (Å²) in [7, 11) is 0. The molecule has 0 aromatic heterocycles. The highest BCUT2D eigenvalue weighted by Gasteiger charge is 2.44. The quantitative estimate of drug-likeness (QED) is 0.840. The van der Waals surface area contributed by atoms with Gasteiger partial charge in [-0.15, -0.1) is 0 Å². The molecule has 0 radical (unpaired) electrons. The Hall–Kier alpha value is -0.570. The second-order valence-corrected chi connectivity index (χ2v) is 7.07. The van der Waals surface area contributed by atoms with E-state index in [4.69, 9.17) is 0 Å². The molecule has 0 aromatic carbocycles. The van der Waals surface area contributed by atoms with Gasteiger partial charge in [-0.05, 0) is 50.5 Å². The van der Waals surface area contributed by atoms with Crippen molar-refractivity contribution in [3.8, 4) is 0 Å². The maximum atomic E-state index is 11.6. The van der Waals surface area contributed by atoms with E-state index in [-0.39, 0.29) is 0 Å². The first-order chi connectivity index (χ1) is 8.38. The first-order valence-electron chi connectivity index (χ1n) is 7.36. The molecule has 0 spiro atoms. The van der Waals surface area contributed by atoms with Crippen molar-refractivity contribution >= 4 is 5.97 Å². The van der Waals surface area contributed by atoms with Crippen LogP contribution in [0.2, 0.25) is 0 Å². The third-order valence-corrected chi connectivity index (χ3v) is 5.20. The number of hydrogen-bond acceptors (Lipinski definition) is 2. The van der Waals surface area contributed by atoms with Crippen molar-refractivity contribution in [3.05, 3.63) is 0 Å². The van der Waals surface area contributed by atoms with Gasteiger partial charge in [-0.2, -0.15) is 0 Å². The lowest BCUT2D eigenvalue weighted by molar-refractivity contribution is -0.153. The third-order valence-electron chi connectivity index (χ3n) is 5.20. The summed E-state index contributed by atoms with van der Waals surface area (Å²) in [4.78, 5) is 14.0. The summed E-state index contributed by atoms with van der Waals surface area (Å²) in [5, 5.41) is 9.53. The van der Waals surface area contributed by atoms with Crippen LogP contribution in [0, 0.1) is 10.8 Å². The van der Waals surface area contributed by atoms with E-state index in [9.17, 15) is 9.90 Å². The Kier molecular flexibility index (Phi) is 3.72. The van der Waals surface area contributed by atoms with Gasteiger partial charge in [-0.25, -0.2) is 0 Å². The molecular weight excluding hydrogens is 226 g/mol. The van der Waals surface area contributed by atoms with Crippen molar-refractivity contribution in [3.63, 3.8) is 0 Å².